The summed E-state index contributed by atoms with van der Waals surface area (Å²) in [6.45, 7) is 31.8. The second-order valence-electron chi connectivity index (χ2n) is 30.7. The summed E-state index contributed by atoms with van der Waals surface area (Å²) in [5.41, 5.74) is 8.66. The zero-order valence-corrected chi connectivity index (χ0v) is 69.8. The maximum absolute atomic E-state index is 14.2. The number of hydrogen-bond acceptors (Lipinski definition) is 10. The molecule has 4 aliphatic rings. The van der Waals surface area contributed by atoms with Crippen molar-refractivity contribution in [3.63, 3.8) is 0 Å². The van der Waals surface area contributed by atoms with Gasteiger partial charge >= 0.3 is 313 Å². The van der Waals surface area contributed by atoms with Crippen molar-refractivity contribution in [1.29, 1.82) is 0 Å². The van der Waals surface area contributed by atoms with Gasteiger partial charge in [0.1, 0.15) is 11.3 Å². The van der Waals surface area contributed by atoms with Crippen LogP contribution in [0.5, 0.6) is 0 Å². The van der Waals surface area contributed by atoms with Gasteiger partial charge in [-0.3, -0.25) is 14.5 Å². The number of rotatable bonds is 38. The SMILES string of the molecule is CCCCCCc1cc[c]([Ge]2([CH2]C(CC)CCCC)[c]3cc(C)sc3-c3sc(-c4oc(C)c5c4C(=O)N(CC(CC)CCCC)C5=O)c[c]32)cc1.CCCCCCc1ccc(C2(CC(CC)CCCC)c3cc(C)sc3-c3sc(-c4oc(C)c5c4C(=O)N(CC(CC)CCCC)C5=O)cc32)cc1. The molecular formula is C89H118GeN2O6S4. The fraction of sp³-hybridized carbons (Fsp3) is 0.551. The van der Waals surface area contributed by atoms with Gasteiger partial charge in [-0.1, -0.05) is 130 Å². The number of nitrogens with zero attached hydrogens (tertiary/aromatic N) is 2. The molecule has 0 spiro atoms. The van der Waals surface area contributed by atoms with E-state index in [0.717, 1.165) is 86.8 Å². The minimum atomic E-state index is -3.18. The number of carbonyl (C=O) groups is 4. The monoisotopic (exact) mass is 1510 g/mol. The van der Waals surface area contributed by atoms with Crippen molar-refractivity contribution >= 4 is 95.4 Å². The first-order valence-electron chi connectivity index (χ1n) is 40.1. The molecule has 2 aromatic carbocycles. The fourth-order valence-electron chi connectivity index (χ4n) is 17.5. The molecule has 3 aliphatic heterocycles. The maximum Gasteiger partial charge on any atom is 0.265 e. The first kappa shape index (κ1) is 77.7. The van der Waals surface area contributed by atoms with Crippen molar-refractivity contribution in [2.75, 3.05) is 13.1 Å². The predicted molar refractivity (Wildman–Crippen MR) is 436 cm³/mol. The third-order valence-corrected chi connectivity index (χ3v) is 39.9. The summed E-state index contributed by atoms with van der Waals surface area (Å²) in [6, 6.07) is 29.2. The number of hydrogen-bond donors (Lipinski definition) is 0. The largest absolute Gasteiger partial charge is 0.459 e. The number of thiophene rings is 4. The zero-order chi connectivity index (χ0) is 72.6. The summed E-state index contributed by atoms with van der Waals surface area (Å²) in [5, 5.41) is 1.25. The van der Waals surface area contributed by atoms with Gasteiger partial charge in [-0.15, -0.1) is 22.7 Å². The number of benzene rings is 2. The number of imide groups is 2. The molecule has 6 atom stereocenters. The van der Waals surface area contributed by atoms with Crippen molar-refractivity contribution in [3.8, 4) is 40.8 Å². The molecule has 0 bridgehead atoms. The van der Waals surface area contributed by atoms with E-state index in [-0.39, 0.29) is 29.0 Å². The molecule has 8 nitrogen and oxygen atoms in total. The topological polar surface area (TPSA) is 101 Å². The Morgan fingerprint density at radius 1 is 0.412 bits per heavy atom. The minimum Gasteiger partial charge on any atom is -0.459 e. The van der Waals surface area contributed by atoms with Crippen LogP contribution >= 0.6 is 45.3 Å². The normalized spacial score (nSPS) is 17.7. The quantitative estimate of drug-likeness (QED) is 0.0217. The van der Waals surface area contributed by atoms with Gasteiger partial charge in [-0.2, -0.15) is 0 Å². The number of carbonyl (C=O) groups excluding carboxylic acids is 4. The van der Waals surface area contributed by atoms with E-state index in [9.17, 15) is 19.2 Å². The van der Waals surface area contributed by atoms with Crippen molar-refractivity contribution < 1.29 is 28.0 Å². The molecule has 0 saturated carbocycles. The van der Waals surface area contributed by atoms with Crippen molar-refractivity contribution in [2.45, 2.75) is 281 Å². The van der Waals surface area contributed by atoms with Gasteiger partial charge in [0.2, 0.25) is 0 Å². The number of furan rings is 2. The van der Waals surface area contributed by atoms with E-state index in [1.165, 1.54) is 173 Å². The van der Waals surface area contributed by atoms with Crippen LogP contribution in [-0.4, -0.2) is 59.8 Å². The van der Waals surface area contributed by atoms with Gasteiger partial charge in [-0.05, 0) is 85.8 Å². The molecule has 9 heterocycles. The molecular weight excluding hydrogens is 1390 g/mol. The van der Waals surface area contributed by atoms with Gasteiger partial charge in [0.25, 0.3) is 11.8 Å². The van der Waals surface area contributed by atoms with Gasteiger partial charge in [0.05, 0.1) is 10.4 Å². The molecule has 102 heavy (non-hydrogen) atoms. The van der Waals surface area contributed by atoms with Crippen LogP contribution in [0.15, 0.2) is 81.6 Å². The van der Waals surface area contributed by atoms with E-state index in [4.69, 9.17) is 8.83 Å². The molecule has 1 aliphatic carbocycles. The number of unbranched alkanes of at least 4 members (excludes halogenated alkanes) is 10. The Labute approximate surface area is 631 Å². The Kier molecular flexibility index (Phi) is 26.6. The van der Waals surface area contributed by atoms with E-state index in [1.807, 2.05) is 36.5 Å². The third-order valence-electron chi connectivity index (χ3n) is 23.7. The molecule has 548 valence electrons. The summed E-state index contributed by atoms with van der Waals surface area (Å²) in [5.74, 6) is 3.46. The number of fused-ring (bicyclic) bond motifs is 8. The summed E-state index contributed by atoms with van der Waals surface area (Å²) in [6.07, 6.45) is 31.8. The van der Waals surface area contributed by atoms with Gasteiger partial charge in [0.15, 0.2) is 5.76 Å². The second-order valence-corrected chi connectivity index (χ2v) is 43.5. The molecule has 0 saturated heterocycles. The van der Waals surface area contributed by atoms with E-state index in [1.54, 1.807) is 31.5 Å². The number of amides is 4. The van der Waals surface area contributed by atoms with Gasteiger partial charge < -0.3 is 4.42 Å². The predicted octanol–water partition coefficient (Wildman–Crippen LogP) is 24.8. The van der Waals surface area contributed by atoms with Gasteiger partial charge in [-0.25, -0.2) is 0 Å². The standard InChI is InChI=1S/C45H59NO3S2.C44H59GeNO3S2/c2*1-8-13-16-17-20-33-21-23-34(24-22-33)45(27-31(11-4)18-14-9-2)35-25-29(6)50-41(35)42-36(45)26-37(51-42)40-39-38(30(7)49-40)43(47)46(44(39)48)28-32(12-5)19-15-10-3/h2*21-26,31-32H,8-20,27-28H2,1-7H3. The zero-order valence-electron chi connectivity index (χ0n) is 64.4. The third kappa shape index (κ3) is 15.3. The maximum atomic E-state index is 14.2. The van der Waals surface area contributed by atoms with E-state index >= 15 is 0 Å². The molecule has 4 amide bonds. The van der Waals surface area contributed by atoms with Crippen LogP contribution in [0.3, 0.4) is 0 Å². The first-order chi connectivity index (χ1) is 49.4. The Hall–Kier alpha value is -5.38. The van der Waals surface area contributed by atoms with E-state index in [0.29, 0.717) is 82.1 Å². The van der Waals surface area contributed by atoms with Crippen LogP contribution in [0.1, 0.15) is 320 Å². The second kappa shape index (κ2) is 34.9. The summed E-state index contributed by atoms with van der Waals surface area (Å²) < 4.78 is 17.6. The Morgan fingerprint density at radius 2 is 0.814 bits per heavy atom. The Morgan fingerprint density at radius 3 is 1.31 bits per heavy atom. The molecule has 6 aromatic heterocycles. The van der Waals surface area contributed by atoms with Crippen LogP contribution in [0, 0.1) is 51.4 Å². The number of aryl methyl sites for hydroxylation is 6. The van der Waals surface area contributed by atoms with Crippen LogP contribution in [0.4, 0.5) is 0 Å². The van der Waals surface area contributed by atoms with E-state index in [2.05, 4.69) is 156 Å². The minimum absolute atomic E-state index is 0.175. The summed E-state index contributed by atoms with van der Waals surface area (Å²) >= 11 is 4.20. The summed E-state index contributed by atoms with van der Waals surface area (Å²) in [4.78, 5) is 69.1. The van der Waals surface area contributed by atoms with Crippen LogP contribution in [0.2, 0.25) is 5.25 Å². The fourth-order valence-corrected chi connectivity index (χ4v) is 37.0. The Balaban J connectivity index is 0.000000205. The molecule has 8 aromatic rings. The molecule has 12 rings (SSSR count). The molecule has 0 radical (unpaired) electrons. The van der Waals surface area contributed by atoms with Crippen LogP contribution < -0.4 is 13.2 Å². The molecule has 13 heteroatoms. The smallest absolute Gasteiger partial charge is 0.265 e. The molecule has 0 fully saturated rings. The average molecular weight is 1510 g/mol. The van der Waals surface area contributed by atoms with Crippen molar-refractivity contribution in [2.24, 2.45) is 23.7 Å². The van der Waals surface area contributed by atoms with E-state index < -0.39 is 13.3 Å². The molecule has 0 N–H and O–H groups in total. The van der Waals surface area contributed by atoms with Gasteiger partial charge in [0, 0.05) is 26.6 Å². The average Bonchev–Trinajstić information content (AvgIpc) is 1.54. The van der Waals surface area contributed by atoms with Crippen LogP contribution in [0.25, 0.3) is 40.8 Å². The first-order valence-corrected chi connectivity index (χ1v) is 48.0. The van der Waals surface area contributed by atoms with Crippen LogP contribution in [-0.2, 0) is 18.3 Å². The molecule has 6 unspecified atom stereocenters. The summed E-state index contributed by atoms with van der Waals surface area (Å²) in [7, 11) is 0. The Bertz CT molecular complexity index is 3920. The van der Waals surface area contributed by atoms with Crippen molar-refractivity contribution in [3.05, 3.63) is 144 Å². The van der Waals surface area contributed by atoms with Crippen molar-refractivity contribution in [1.82, 2.24) is 9.80 Å².